The summed E-state index contributed by atoms with van der Waals surface area (Å²) in [6.45, 7) is 3.57. The van der Waals surface area contributed by atoms with Crippen molar-refractivity contribution in [2.75, 3.05) is 11.5 Å². The summed E-state index contributed by atoms with van der Waals surface area (Å²) in [6.07, 6.45) is 0. The van der Waals surface area contributed by atoms with Gasteiger partial charge in [-0.2, -0.15) is 0 Å². The van der Waals surface area contributed by atoms with E-state index < -0.39 is 29.5 Å². The van der Waals surface area contributed by atoms with Crippen LogP contribution in [0.1, 0.15) is 44.3 Å². The van der Waals surface area contributed by atoms with Gasteiger partial charge in [0.15, 0.2) is 5.76 Å². The van der Waals surface area contributed by atoms with Crippen LogP contribution in [0.25, 0.3) is 10.6 Å². The van der Waals surface area contributed by atoms with Crippen LogP contribution >= 0.6 is 11.3 Å². The number of aliphatic hydroxyl groups excluding tert-OH is 1. The molecule has 3 aromatic carbocycles. The maximum absolute atomic E-state index is 14.0. The van der Waals surface area contributed by atoms with E-state index in [4.69, 9.17) is 4.74 Å². The Morgan fingerprint density at radius 3 is 2.46 bits per heavy atom. The van der Waals surface area contributed by atoms with Crippen LogP contribution in [0.5, 0.6) is 5.75 Å². The number of aromatic hydroxyl groups is 1. The number of hydrogen-bond acceptors (Lipinski definition) is 8. The number of hydrogen-bond donors (Lipinski definition) is 2. The number of aromatic nitrogens is 1. The highest BCUT2D eigenvalue weighted by Crippen LogP contribution is 2.44. The van der Waals surface area contributed by atoms with Crippen molar-refractivity contribution in [3.8, 4) is 16.3 Å². The zero-order valence-corrected chi connectivity index (χ0v) is 21.9. The average molecular weight is 541 g/mol. The molecule has 1 atom stereocenters. The number of ketones is 1. The second-order valence-electron chi connectivity index (χ2n) is 8.83. The third-order valence-electron chi connectivity index (χ3n) is 6.30. The van der Waals surface area contributed by atoms with E-state index in [0.717, 1.165) is 5.56 Å². The first-order chi connectivity index (χ1) is 18.8. The number of Topliss-reactive ketones (excluding diaryl/α,β-unsaturated/α-hetero) is 1. The zero-order valence-electron chi connectivity index (χ0n) is 21.1. The summed E-state index contributed by atoms with van der Waals surface area (Å²) in [5.41, 5.74) is 2.06. The molecule has 0 bridgehead atoms. The van der Waals surface area contributed by atoms with Gasteiger partial charge >= 0.3 is 5.97 Å². The highest BCUT2D eigenvalue weighted by Gasteiger charge is 2.45. The van der Waals surface area contributed by atoms with Gasteiger partial charge in [0.1, 0.15) is 10.8 Å². The van der Waals surface area contributed by atoms with Crippen molar-refractivity contribution in [3.05, 3.63) is 112 Å². The summed E-state index contributed by atoms with van der Waals surface area (Å²) in [5, 5.41) is 21.9. The molecule has 196 valence electrons. The summed E-state index contributed by atoms with van der Waals surface area (Å²) in [6, 6.07) is 20.7. The Morgan fingerprint density at radius 2 is 1.74 bits per heavy atom. The van der Waals surface area contributed by atoms with E-state index in [1.165, 1.54) is 34.4 Å². The number of carbonyl (C=O) groups is 3. The molecule has 1 aromatic heterocycles. The molecule has 1 aliphatic rings. The molecule has 2 heterocycles. The number of carbonyl (C=O) groups excluding carboxylic acids is 3. The molecule has 0 radical (unpaired) electrons. The topological polar surface area (TPSA) is 117 Å². The fourth-order valence-electron chi connectivity index (χ4n) is 4.54. The first-order valence-electron chi connectivity index (χ1n) is 12.2. The SMILES string of the molecule is CCOC(=O)c1cccc(N2C(=O)C(O)=C(C(=O)c3sc(-c4ccccc4)nc3C)C2c2cccc(O)c2)c1. The molecule has 1 amide bonds. The number of rotatable bonds is 7. The van der Waals surface area contributed by atoms with Gasteiger partial charge in [-0.15, -0.1) is 11.3 Å². The van der Waals surface area contributed by atoms with Gasteiger partial charge in [-0.25, -0.2) is 9.78 Å². The molecule has 0 saturated heterocycles. The third-order valence-corrected chi connectivity index (χ3v) is 7.50. The Hall–Kier alpha value is -4.76. The van der Waals surface area contributed by atoms with Gasteiger partial charge in [-0.05, 0) is 49.7 Å². The van der Waals surface area contributed by atoms with Crippen LogP contribution in [0.15, 0.2) is 90.2 Å². The molecule has 0 spiro atoms. The number of ether oxygens (including phenoxy) is 1. The summed E-state index contributed by atoms with van der Waals surface area (Å²) in [4.78, 5) is 46.0. The Bertz CT molecular complexity index is 1630. The first-order valence-corrected chi connectivity index (χ1v) is 13.0. The largest absolute Gasteiger partial charge is 0.508 e. The van der Waals surface area contributed by atoms with Gasteiger partial charge in [-0.3, -0.25) is 14.5 Å². The summed E-state index contributed by atoms with van der Waals surface area (Å²) >= 11 is 1.17. The minimum absolute atomic E-state index is 0.0707. The monoisotopic (exact) mass is 540 g/mol. The molecule has 0 aliphatic carbocycles. The van der Waals surface area contributed by atoms with Gasteiger partial charge in [0.05, 0.1) is 34.4 Å². The quantitative estimate of drug-likeness (QED) is 0.225. The lowest BCUT2D eigenvalue weighted by Crippen LogP contribution is -2.31. The minimum Gasteiger partial charge on any atom is -0.508 e. The van der Waals surface area contributed by atoms with Crippen molar-refractivity contribution in [2.24, 2.45) is 0 Å². The van der Waals surface area contributed by atoms with Crippen LogP contribution in [0, 0.1) is 6.92 Å². The van der Waals surface area contributed by atoms with Crippen molar-refractivity contribution in [3.63, 3.8) is 0 Å². The van der Waals surface area contributed by atoms with E-state index in [1.807, 2.05) is 30.3 Å². The van der Waals surface area contributed by atoms with Crippen LogP contribution in [-0.4, -0.2) is 39.5 Å². The summed E-state index contributed by atoms with van der Waals surface area (Å²) < 4.78 is 5.09. The van der Waals surface area contributed by atoms with Crippen LogP contribution in [0.3, 0.4) is 0 Å². The molecule has 8 nitrogen and oxygen atoms in total. The smallest absolute Gasteiger partial charge is 0.338 e. The lowest BCUT2D eigenvalue weighted by molar-refractivity contribution is -0.117. The van der Waals surface area contributed by atoms with Gasteiger partial charge in [0.2, 0.25) is 5.78 Å². The molecule has 2 N–H and O–H groups in total. The van der Waals surface area contributed by atoms with E-state index in [2.05, 4.69) is 4.98 Å². The van der Waals surface area contributed by atoms with Crippen molar-refractivity contribution in [1.29, 1.82) is 0 Å². The molecule has 9 heteroatoms. The molecule has 1 unspecified atom stereocenters. The van der Waals surface area contributed by atoms with Crippen molar-refractivity contribution in [1.82, 2.24) is 4.98 Å². The minimum atomic E-state index is -1.07. The van der Waals surface area contributed by atoms with Gasteiger partial charge < -0.3 is 14.9 Å². The molecule has 0 saturated carbocycles. The molecule has 5 rings (SSSR count). The fraction of sp³-hybridized carbons (Fsp3) is 0.133. The van der Waals surface area contributed by atoms with E-state index in [1.54, 1.807) is 44.2 Å². The Balaban J connectivity index is 1.62. The van der Waals surface area contributed by atoms with Gasteiger partial charge in [-0.1, -0.05) is 48.5 Å². The maximum atomic E-state index is 14.0. The predicted octanol–water partition coefficient (Wildman–Crippen LogP) is 5.78. The van der Waals surface area contributed by atoms with E-state index >= 15 is 0 Å². The Kier molecular flexibility index (Phi) is 7.00. The predicted molar refractivity (Wildman–Crippen MR) is 147 cm³/mol. The highest BCUT2D eigenvalue weighted by molar-refractivity contribution is 7.17. The number of phenolic OH excluding ortho intramolecular Hbond substituents is 1. The maximum Gasteiger partial charge on any atom is 0.338 e. The van der Waals surface area contributed by atoms with E-state index in [9.17, 15) is 24.6 Å². The van der Waals surface area contributed by atoms with Crippen molar-refractivity contribution >= 4 is 34.7 Å². The average Bonchev–Trinajstić information content (AvgIpc) is 3.46. The highest BCUT2D eigenvalue weighted by atomic mass is 32.1. The molecular formula is C30H24N2O6S. The second-order valence-corrected chi connectivity index (χ2v) is 9.83. The zero-order chi connectivity index (χ0) is 27.7. The van der Waals surface area contributed by atoms with E-state index in [0.29, 0.717) is 16.3 Å². The Morgan fingerprint density at radius 1 is 1.00 bits per heavy atom. The first kappa shape index (κ1) is 25.9. The lowest BCUT2D eigenvalue weighted by atomic mass is 9.94. The van der Waals surface area contributed by atoms with Crippen LogP contribution < -0.4 is 4.90 Å². The Labute approximate surface area is 228 Å². The van der Waals surface area contributed by atoms with Gasteiger partial charge in [0.25, 0.3) is 5.91 Å². The van der Waals surface area contributed by atoms with Crippen LogP contribution in [0.4, 0.5) is 5.69 Å². The number of aryl methyl sites for hydroxylation is 1. The summed E-state index contributed by atoms with van der Waals surface area (Å²) in [5.74, 6) is -2.70. The molecule has 1 aliphatic heterocycles. The fourth-order valence-corrected chi connectivity index (χ4v) is 5.57. The van der Waals surface area contributed by atoms with Crippen molar-refractivity contribution < 1.29 is 29.3 Å². The normalized spacial score (nSPS) is 15.1. The second kappa shape index (κ2) is 10.5. The van der Waals surface area contributed by atoms with Gasteiger partial charge in [0, 0.05) is 11.3 Å². The summed E-state index contributed by atoms with van der Waals surface area (Å²) in [7, 11) is 0. The molecular weight excluding hydrogens is 516 g/mol. The van der Waals surface area contributed by atoms with Crippen LogP contribution in [0.2, 0.25) is 0 Å². The molecule has 0 fully saturated rings. The number of amides is 1. The number of thiazole rings is 1. The molecule has 4 aromatic rings. The van der Waals surface area contributed by atoms with Crippen molar-refractivity contribution in [2.45, 2.75) is 19.9 Å². The standard InChI is InChI=1S/C30H24N2O6S/c1-3-38-30(37)20-12-7-13-21(15-20)32-24(19-11-8-14-22(33)16-19)23(26(35)29(32)36)25(34)27-17(2)31-28(39-27)18-9-5-4-6-10-18/h4-16,24,33,35H,3H2,1-2H3. The number of phenols is 1. The number of benzene rings is 3. The van der Waals surface area contributed by atoms with Crippen LogP contribution in [-0.2, 0) is 9.53 Å². The molecule has 39 heavy (non-hydrogen) atoms. The van der Waals surface area contributed by atoms with E-state index in [-0.39, 0.29) is 34.1 Å². The number of esters is 1. The number of anilines is 1. The lowest BCUT2D eigenvalue weighted by Gasteiger charge is -2.27. The third kappa shape index (κ3) is 4.80. The number of aliphatic hydroxyl groups is 1. The number of nitrogens with zero attached hydrogens (tertiary/aromatic N) is 2.